The Morgan fingerprint density at radius 2 is 1.91 bits per heavy atom. The Hall–Kier alpha value is -2.41. The van der Waals surface area contributed by atoms with Crippen molar-refractivity contribution in [1.82, 2.24) is 10.3 Å². The average molecular weight is 364 g/mol. The van der Waals surface area contributed by atoms with E-state index >= 15 is 0 Å². The first kappa shape index (κ1) is 16.0. The van der Waals surface area contributed by atoms with Crippen LogP contribution >= 0.6 is 15.9 Å². The number of hydrogen-bond acceptors (Lipinski definition) is 3. The van der Waals surface area contributed by atoms with Gasteiger partial charge in [0.15, 0.2) is 0 Å². The lowest BCUT2D eigenvalue weighted by Crippen LogP contribution is -2.44. The predicted octanol–water partition coefficient (Wildman–Crippen LogP) is 2.66. The van der Waals surface area contributed by atoms with Crippen LogP contribution in [0.3, 0.4) is 0 Å². The number of carboxylic acids is 1. The number of anilines is 1. The van der Waals surface area contributed by atoms with Crippen molar-refractivity contribution >= 4 is 33.6 Å². The van der Waals surface area contributed by atoms with Crippen molar-refractivity contribution in [3.8, 4) is 0 Å². The minimum Gasteiger partial charge on any atom is -0.480 e. The van der Waals surface area contributed by atoms with E-state index in [-0.39, 0.29) is 6.42 Å². The Balaban J connectivity index is 1.97. The number of hydrogen-bond donors (Lipinski definition) is 3. The minimum atomic E-state index is -1.11. The van der Waals surface area contributed by atoms with Gasteiger partial charge < -0.3 is 15.7 Å². The van der Waals surface area contributed by atoms with E-state index in [9.17, 15) is 14.7 Å². The SMILES string of the molecule is O=C(Nc1ccc(Br)cc1)N[C@H](Cc1ccccn1)C(=O)O. The van der Waals surface area contributed by atoms with Crippen molar-refractivity contribution in [2.45, 2.75) is 12.5 Å². The van der Waals surface area contributed by atoms with Gasteiger partial charge in [-0.25, -0.2) is 9.59 Å². The van der Waals surface area contributed by atoms with E-state index in [4.69, 9.17) is 0 Å². The number of aromatic nitrogens is 1. The number of urea groups is 1. The van der Waals surface area contributed by atoms with Crippen LogP contribution in [0.15, 0.2) is 53.1 Å². The number of nitrogens with zero attached hydrogens (tertiary/aromatic N) is 1. The van der Waals surface area contributed by atoms with Gasteiger partial charge in [-0.05, 0) is 36.4 Å². The van der Waals surface area contributed by atoms with E-state index in [0.717, 1.165) is 4.47 Å². The largest absolute Gasteiger partial charge is 0.480 e. The van der Waals surface area contributed by atoms with Crippen LogP contribution in [0.1, 0.15) is 5.69 Å². The second kappa shape index (κ2) is 7.56. The van der Waals surface area contributed by atoms with Gasteiger partial charge in [0.05, 0.1) is 0 Å². The summed E-state index contributed by atoms with van der Waals surface area (Å²) < 4.78 is 0.886. The summed E-state index contributed by atoms with van der Waals surface area (Å²) in [5.41, 5.74) is 1.17. The molecule has 2 aromatic rings. The Morgan fingerprint density at radius 3 is 2.50 bits per heavy atom. The maximum Gasteiger partial charge on any atom is 0.326 e. The molecular weight excluding hydrogens is 350 g/mol. The van der Waals surface area contributed by atoms with Crippen molar-refractivity contribution in [1.29, 1.82) is 0 Å². The highest BCUT2D eigenvalue weighted by Crippen LogP contribution is 2.14. The Kier molecular flexibility index (Phi) is 5.48. The van der Waals surface area contributed by atoms with Crippen LogP contribution in [0.5, 0.6) is 0 Å². The third kappa shape index (κ3) is 4.85. The van der Waals surface area contributed by atoms with Gasteiger partial charge in [0.1, 0.15) is 6.04 Å². The Labute approximate surface area is 135 Å². The molecule has 1 heterocycles. The first-order valence-corrected chi connectivity index (χ1v) is 7.29. The number of carbonyl (C=O) groups excluding carboxylic acids is 1. The van der Waals surface area contributed by atoms with Gasteiger partial charge in [-0.3, -0.25) is 4.98 Å². The minimum absolute atomic E-state index is 0.115. The number of halogens is 1. The van der Waals surface area contributed by atoms with Gasteiger partial charge in [0.2, 0.25) is 0 Å². The third-order valence-electron chi connectivity index (χ3n) is 2.84. The lowest BCUT2D eigenvalue weighted by atomic mass is 10.1. The normalized spacial score (nSPS) is 11.5. The lowest BCUT2D eigenvalue weighted by Gasteiger charge is -2.15. The first-order chi connectivity index (χ1) is 10.5. The molecule has 0 aliphatic carbocycles. The van der Waals surface area contributed by atoms with Crippen molar-refractivity contribution in [2.75, 3.05) is 5.32 Å². The van der Waals surface area contributed by atoms with E-state index < -0.39 is 18.0 Å². The smallest absolute Gasteiger partial charge is 0.326 e. The van der Waals surface area contributed by atoms with Gasteiger partial charge in [-0.15, -0.1) is 0 Å². The zero-order chi connectivity index (χ0) is 15.9. The Bertz CT molecular complexity index is 647. The van der Waals surface area contributed by atoms with Crippen molar-refractivity contribution < 1.29 is 14.7 Å². The molecule has 22 heavy (non-hydrogen) atoms. The predicted molar refractivity (Wildman–Crippen MR) is 85.7 cm³/mol. The number of amides is 2. The van der Waals surface area contributed by atoms with Gasteiger partial charge in [0, 0.05) is 28.5 Å². The molecule has 1 atom stereocenters. The topological polar surface area (TPSA) is 91.3 Å². The van der Waals surface area contributed by atoms with Crippen molar-refractivity contribution in [3.63, 3.8) is 0 Å². The molecule has 6 nitrogen and oxygen atoms in total. The van der Waals surface area contributed by atoms with E-state index in [1.165, 1.54) is 0 Å². The zero-order valence-corrected chi connectivity index (χ0v) is 13.1. The van der Waals surface area contributed by atoms with E-state index in [2.05, 4.69) is 31.5 Å². The van der Waals surface area contributed by atoms with Gasteiger partial charge in [-0.1, -0.05) is 22.0 Å². The number of aliphatic carboxylic acids is 1. The molecule has 0 aliphatic rings. The Morgan fingerprint density at radius 1 is 1.18 bits per heavy atom. The molecule has 1 aromatic carbocycles. The van der Waals surface area contributed by atoms with Crippen molar-refractivity contribution in [3.05, 3.63) is 58.8 Å². The second-order valence-electron chi connectivity index (χ2n) is 4.52. The number of benzene rings is 1. The monoisotopic (exact) mass is 363 g/mol. The maximum atomic E-state index is 11.9. The highest BCUT2D eigenvalue weighted by Gasteiger charge is 2.20. The molecule has 0 saturated heterocycles. The molecule has 2 rings (SSSR count). The van der Waals surface area contributed by atoms with Crippen molar-refractivity contribution in [2.24, 2.45) is 0 Å². The number of carbonyl (C=O) groups is 2. The third-order valence-corrected chi connectivity index (χ3v) is 3.37. The molecule has 0 bridgehead atoms. The number of pyridine rings is 1. The van der Waals surface area contributed by atoms with E-state index in [0.29, 0.717) is 11.4 Å². The average Bonchev–Trinajstić information content (AvgIpc) is 2.50. The molecule has 0 spiro atoms. The summed E-state index contributed by atoms with van der Waals surface area (Å²) in [6.07, 6.45) is 1.69. The molecule has 0 aliphatic heterocycles. The highest BCUT2D eigenvalue weighted by atomic mass is 79.9. The summed E-state index contributed by atoms with van der Waals surface area (Å²) in [7, 11) is 0. The molecular formula is C15H14BrN3O3. The molecule has 0 unspecified atom stereocenters. The number of rotatable bonds is 5. The van der Waals surface area contributed by atoms with Gasteiger partial charge in [-0.2, -0.15) is 0 Å². The van der Waals surface area contributed by atoms with Gasteiger partial charge >= 0.3 is 12.0 Å². The summed E-state index contributed by atoms with van der Waals surface area (Å²) in [5.74, 6) is -1.11. The summed E-state index contributed by atoms with van der Waals surface area (Å²) in [5, 5.41) is 14.2. The summed E-state index contributed by atoms with van der Waals surface area (Å²) in [6, 6.07) is 10.6. The van der Waals surface area contributed by atoms with Crippen LogP contribution in [-0.4, -0.2) is 28.1 Å². The van der Waals surface area contributed by atoms with Crippen LogP contribution in [-0.2, 0) is 11.2 Å². The number of carboxylic acid groups (broad SMARTS) is 1. The van der Waals surface area contributed by atoms with Crippen LogP contribution in [0.25, 0.3) is 0 Å². The van der Waals surface area contributed by atoms with E-state index in [1.54, 1.807) is 48.7 Å². The lowest BCUT2D eigenvalue weighted by molar-refractivity contribution is -0.139. The van der Waals surface area contributed by atoms with Crippen LogP contribution < -0.4 is 10.6 Å². The second-order valence-corrected chi connectivity index (χ2v) is 5.44. The fourth-order valence-corrected chi connectivity index (χ4v) is 2.05. The fourth-order valence-electron chi connectivity index (χ4n) is 1.79. The van der Waals surface area contributed by atoms with Crippen LogP contribution in [0, 0.1) is 0 Å². The van der Waals surface area contributed by atoms with Crippen LogP contribution in [0.2, 0.25) is 0 Å². The maximum absolute atomic E-state index is 11.9. The van der Waals surface area contributed by atoms with Gasteiger partial charge in [0.25, 0.3) is 0 Å². The zero-order valence-electron chi connectivity index (χ0n) is 11.5. The van der Waals surface area contributed by atoms with E-state index in [1.807, 2.05) is 0 Å². The quantitative estimate of drug-likeness (QED) is 0.761. The molecule has 7 heteroatoms. The molecule has 1 aromatic heterocycles. The summed E-state index contributed by atoms with van der Waals surface area (Å²) in [6.45, 7) is 0. The molecule has 114 valence electrons. The molecule has 0 radical (unpaired) electrons. The highest BCUT2D eigenvalue weighted by molar-refractivity contribution is 9.10. The molecule has 0 saturated carbocycles. The fraction of sp³-hybridized carbons (Fsp3) is 0.133. The summed E-state index contributed by atoms with van der Waals surface area (Å²) >= 11 is 3.30. The standard InChI is InChI=1S/C15H14BrN3O3/c16-10-4-6-11(7-5-10)18-15(22)19-13(14(20)21)9-12-3-1-2-8-17-12/h1-8,13H,9H2,(H,20,21)(H2,18,19,22)/t13-/m1/s1. The number of nitrogens with one attached hydrogen (secondary N) is 2. The molecule has 2 amide bonds. The summed E-state index contributed by atoms with van der Waals surface area (Å²) in [4.78, 5) is 27.2. The van der Waals surface area contributed by atoms with Crippen LogP contribution in [0.4, 0.5) is 10.5 Å². The first-order valence-electron chi connectivity index (χ1n) is 6.50. The molecule has 0 fully saturated rings. The molecule has 3 N–H and O–H groups in total.